The van der Waals surface area contributed by atoms with E-state index < -0.39 is 0 Å². The fraction of sp³-hybridized carbons (Fsp3) is 0.875. The summed E-state index contributed by atoms with van der Waals surface area (Å²) in [5.41, 5.74) is 2.60. The van der Waals surface area contributed by atoms with Gasteiger partial charge in [-0.1, -0.05) is 72.9 Å². The van der Waals surface area contributed by atoms with Crippen molar-refractivity contribution in [1.82, 2.24) is 15.0 Å². The number of nitrogens with zero attached hydrogens (tertiary/aromatic N) is 3. The summed E-state index contributed by atoms with van der Waals surface area (Å²) in [6.45, 7) is 16.6. The molecule has 0 aliphatic carbocycles. The molecule has 0 bridgehead atoms. The van der Waals surface area contributed by atoms with Crippen molar-refractivity contribution in [2.24, 2.45) is 0 Å². The van der Waals surface area contributed by atoms with Crippen molar-refractivity contribution in [2.45, 2.75) is 91.5 Å². The zero-order valence-corrected chi connectivity index (χ0v) is 13.9. The van der Waals surface area contributed by atoms with Crippen LogP contribution in [0.3, 0.4) is 0 Å². The second-order valence-corrected chi connectivity index (χ2v) is 7.57. The maximum atomic E-state index is 4.47. The van der Waals surface area contributed by atoms with E-state index in [1.165, 1.54) is 31.4 Å². The Kier molecular flexibility index (Phi) is 5.17. The molecule has 0 saturated carbocycles. The molecule has 0 unspecified atom stereocenters. The van der Waals surface area contributed by atoms with E-state index in [-0.39, 0.29) is 10.8 Å². The zero-order valence-electron chi connectivity index (χ0n) is 13.9. The number of aryl methyl sites for hydroxylation is 1. The summed E-state index contributed by atoms with van der Waals surface area (Å²) in [4.78, 5) is 0. The molecule has 0 radical (unpaired) electrons. The van der Waals surface area contributed by atoms with Gasteiger partial charge in [-0.25, -0.2) is 4.68 Å². The van der Waals surface area contributed by atoms with Crippen molar-refractivity contribution < 1.29 is 0 Å². The minimum absolute atomic E-state index is 0.0598. The smallest absolute Gasteiger partial charge is 0.0917 e. The van der Waals surface area contributed by atoms with Gasteiger partial charge in [0.15, 0.2) is 0 Å². The van der Waals surface area contributed by atoms with Crippen LogP contribution in [0.4, 0.5) is 0 Å². The summed E-state index contributed by atoms with van der Waals surface area (Å²) in [6.07, 6.45) is 5.07. The maximum absolute atomic E-state index is 4.47. The molecular formula is C16H31N3. The van der Waals surface area contributed by atoms with Crippen LogP contribution in [0.2, 0.25) is 0 Å². The molecule has 0 spiro atoms. The monoisotopic (exact) mass is 265 g/mol. The molecule has 110 valence electrons. The van der Waals surface area contributed by atoms with Gasteiger partial charge in [0.1, 0.15) is 0 Å². The average Bonchev–Trinajstić information content (AvgIpc) is 2.67. The Morgan fingerprint density at radius 2 is 1.53 bits per heavy atom. The molecule has 3 heteroatoms. The average molecular weight is 265 g/mol. The van der Waals surface area contributed by atoms with Crippen LogP contribution in [-0.2, 0) is 17.4 Å². The SMILES string of the molecule is CCCCCCn1nnc(C(C)(C)C)c1C(C)(C)C. The van der Waals surface area contributed by atoms with Crippen LogP contribution in [0.25, 0.3) is 0 Å². The van der Waals surface area contributed by atoms with E-state index in [0.717, 1.165) is 12.2 Å². The Bertz CT molecular complexity index is 391. The van der Waals surface area contributed by atoms with E-state index in [9.17, 15) is 0 Å². The van der Waals surface area contributed by atoms with Crippen LogP contribution >= 0.6 is 0 Å². The van der Waals surface area contributed by atoms with Gasteiger partial charge < -0.3 is 0 Å². The standard InChI is InChI=1S/C16H31N3/c1-8-9-10-11-12-19-14(16(5,6)7)13(17-18-19)15(2,3)4/h8-12H2,1-7H3. The van der Waals surface area contributed by atoms with Crippen LogP contribution in [-0.4, -0.2) is 15.0 Å². The second kappa shape index (κ2) is 6.06. The predicted octanol–water partition coefficient (Wildman–Crippen LogP) is 4.45. The van der Waals surface area contributed by atoms with Gasteiger partial charge in [0.2, 0.25) is 0 Å². The van der Waals surface area contributed by atoms with Crippen LogP contribution in [0.5, 0.6) is 0 Å². The Morgan fingerprint density at radius 1 is 0.895 bits per heavy atom. The van der Waals surface area contributed by atoms with Gasteiger partial charge >= 0.3 is 0 Å². The molecule has 3 nitrogen and oxygen atoms in total. The van der Waals surface area contributed by atoms with Crippen LogP contribution in [0, 0.1) is 0 Å². The predicted molar refractivity (Wildman–Crippen MR) is 81.6 cm³/mol. The summed E-state index contributed by atoms with van der Waals surface area (Å²) in [7, 11) is 0. The molecule has 1 rings (SSSR count). The molecule has 1 aromatic rings. The van der Waals surface area contributed by atoms with Gasteiger partial charge in [0, 0.05) is 17.4 Å². The molecule has 0 aromatic carbocycles. The summed E-state index contributed by atoms with van der Waals surface area (Å²) in [6, 6.07) is 0. The first-order chi connectivity index (χ1) is 8.68. The molecule has 0 saturated heterocycles. The number of aromatic nitrogens is 3. The summed E-state index contributed by atoms with van der Waals surface area (Å²) < 4.78 is 2.14. The minimum atomic E-state index is 0.0598. The van der Waals surface area contributed by atoms with Gasteiger partial charge in [-0.15, -0.1) is 5.10 Å². The fourth-order valence-corrected chi connectivity index (χ4v) is 2.41. The molecule has 19 heavy (non-hydrogen) atoms. The van der Waals surface area contributed by atoms with E-state index in [0.29, 0.717) is 0 Å². The molecule has 1 heterocycles. The second-order valence-electron chi connectivity index (χ2n) is 7.57. The highest BCUT2D eigenvalue weighted by Crippen LogP contribution is 2.32. The maximum Gasteiger partial charge on any atom is 0.0917 e. The van der Waals surface area contributed by atoms with E-state index >= 15 is 0 Å². The van der Waals surface area contributed by atoms with Crippen molar-refractivity contribution in [3.8, 4) is 0 Å². The van der Waals surface area contributed by atoms with E-state index in [1.54, 1.807) is 0 Å². The third-order valence-corrected chi connectivity index (χ3v) is 3.38. The highest BCUT2D eigenvalue weighted by atomic mass is 15.4. The molecular weight excluding hydrogens is 234 g/mol. The zero-order chi connectivity index (χ0) is 14.7. The minimum Gasteiger partial charge on any atom is -0.249 e. The van der Waals surface area contributed by atoms with Gasteiger partial charge in [-0.3, -0.25) is 0 Å². The topological polar surface area (TPSA) is 30.7 Å². The quantitative estimate of drug-likeness (QED) is 0.736. The summed E-state index contributed by atoms with van der Waals surface area (Å²) >= 11 is 0. The molecule has 0 N–H and O–H groups in total. The molecule has 0 aliphatic heterocycles. The van der Waals surface area contributed by atoms with Gasteiger partial charge in [-0.2, -0.15) is 0 Å². The lowest BCUT2D eigenvalue weighted by Crippen LogP contribution is -2.25. The van der Waals surface area contributed by atoms with Crippen LogP contribution < -0.4 is 0 Å². The number of hydrogen-bond donors (Lipinski definition) is 0. The van der Waals surface area contributed by atoms with Gasteiger partial charge in [0.25, 0.3) is 0 Å². The van der Waals surface area contributed by atoms with Crippen molar-refractivity contribution in [3.63, 3.8) is 0 Å². The number of hydrogen-bond acceptors (Lipinski definition) is 2. The fourth-order valence-electron chi connectivity index (χ4n) is 2.41. The highest BCUT2D eigenvalue weighted by molar-refractivity contribution is 5.25. The summed E-state index contributed by atoms with van der Waals surface area (Å²) in [5.74, 6) is 0. The van der Waals surface area contributed by atoms with Crippen molar-refractivity contribution >= 4 is 0 Å². The lowest BCUT2D eigenvalue weighted by atomic mass is 9.82. The number of unbranched alkanes of at least 4 members (excludes halogenated alkanes) is 3. The number of rotatable bonds is 5. The van der Waals surface area contributed by atoms with Gasteiger partial charge in [-0.05, 0) is 6.42 Å². The van der Waals surface area contributed by atoms with Crippen LogP contribution in [0.1, 0.15) is 85.5 Å². The Labute approximate surface area is 118 Å². The Hall–Kier alpha value is -0.860. The first-order valence-electron chi connectivity index (χ1n) is 7.62. The molecule has 1 aromatic heterocycles. The van der Waals surface area contributed by atoms with E-state index in [4.69, 9.17) is 0 Å². The third-order valence-electron chi connectivity index (χ3n) is 3.38. The van der Waals surface area contributed by atoms with Crippen molar-refractivity contribution in [1.29, 1.82) is 0 Å². The molecule has 0 amide bonds. The lowest BCUT2D eigenvalue weighted by molar-refractivity contribution is 0.449. The highest BCUT2D eigenvalue weighted by Gasteiger charge is 2.31. The first kappa shape index (κ1) is 16.2. The van der Waals surface area contributed by atoms with Crippen molar-refractivity contribution in [3.05, 3.63) is 11.4 Å². The molecule has 0 atom stereocenters. The normalized spacial score (nSPS) is 13.0. The Morgan fingerprint density at radius 3 is 2.00 bits per heavy atom. The van der Waals surface area contributed by atoms with Gasteiger partial charge in [0.05, 0.1) is 11.4 Å². The first-order valence-corrected chi connectivity index (χ1v) is 7.62. The third kappa shape index (κ3) is 4.32. The summed E-state index contributed by atoms with van der Waals surface area (Å²) in [5, 5.41) is 8.88. The lowest BCUT2D eigenvalue weighted by Gasteiger charge is -2.26. The van der Waals surface area contributed by atoms with E-state index in [2.05, 4.69) is 63.5 Å². The molecule has 0 aliphatic rings. The Balaban J connectivity index is 2.96. The van der Waals surface area contributed by atoms with Crippen LogP contribution in [0.15, 0.2) is 0 Å². The van der Waals surface area contributed by atoms with Crippen molar-refractivity contribution in [2.75, 3.05) is 0 Å². The molecule has 0 fully saturated rings. The largest absolute Gasteiger partial charge is 0.249 e. The van der Waals surface area contributed by atoms with E-state index in [1.807, 2.05) is 0 Å².